The molecule has 0 aliphatic carbocycles. The molecule has 0 fully saturated rings. The zero-order valence-electron chi connectivity index (χ0n) is 29.5. The van der Waals surface area contributed by atoms with Crippen molar-refractivity contribution < 1.29 is 0 Å². The Balaban J connectivity index is 1.20. The summed E-state index contributed by atoms with van der Waals surface area (Å²) in [5, 5.41) is 7.07. The molecule has 10 rings (SSSR count). The highest BCUT2D eigenvalue weighted by molar-refractivity contribution is 6.19. The molecule has 2 nitrogen and oxygen atoms in total. The van der Waals surface area contributed by atoms with Gasteiger partial charge in [0.25, 0.3) is 0 Å². The lowest BCUT2D eigenvalue weighted by Crippen LogP contribution is -1.99. The number of hydrogen-bond acceptors (Lipinski definition) is 2. The second-order valence-electron chi connectivity index (χ2n) is 13.8. The van der Waals surface area contributed by atoms with Crippen molar-refractivity contribution in [1.29, 1.82) is 0 Å². The average Bonchev–Trinajstić information content (AvgIpc) is 3.26. The van der Waals surface area contributed by atoms with E-state index < -0.39 is 0 Å². The zero-order valence-corrected chi connectivity index (χ0v) is 29.5. The van der Waals surface area contributed by atoms with E-state index in [0.717, 1.165) is 66.5 Å². The van der Waals surface area contributed by atoms with Crippen molar-refractivity contribution in [3.8, 4) is 67.3 Å². The highest BCUT2D eigenvalue weighted by atomic mass is 14.9. The van der Waals surface area contributed by atoms with Crippen LogP contribution in [0.3, 0.4) is 0 Å². The van der Waals surface area contributed by atoms with E-state index in [1.165, 1.54) is 27.3 Å². The van der Waals surface area contributed by atoms with Crippen molar-refractivity contribution in [3.05, 3.63) is 206 Å². The molecule has 0 unspecified atom stereocenters. The summed E-state index contributed by atoms with van der Waals surface area (Å²) in [7, 11) is 0. The van der Waals surface area contributed by atoms with E-state index in [-0.39, 0.29) is 0 Å². The highest BCUT2D eigenvalue weighted by Gasteiger charge is 2.19. The van der Waals surface area contributed by atoms with Crippen molar-refractivity contribution in [2.45, 2.75) is 0 Å². The molecule has 0 spiro atoms. The maximum Gasteiger partial charge on any atom is 0.161 e. The van der Waals surface area contributed by atoms with E-state index in [4.69, 9.17) is 9.97 Å². The van der Waals surface area contributed by atoms with Gasteiger partial charge in [-0.3, -0.25) is 0 Å². The molecule has 54 heavy (non-hydrogen) atoms. The van der Waals surface area contributed by atoms with Crippen LogP contribution in [-0.2, 0) is 0 Å². The molecule has 0 saturated carbocycles. The number of nitrogens with zero attached hydrogens (tertiary/aromatic N) is 2. The Morgan fingerprint density at radius 2 is 0.815 bits per heavy atom. The normalized spacial score (nSPS) is 11.3. The molecule has 252 valence electrons. The van der Waals surface area contributed by atoms with E-state index in [2.05, 4.69) is 206 Å². The molecule has 1 aromatic heterocycles. The van der Waals surface area contributed by atoms with Gasteiger partial charge in [-0.1, -0.05) is 188 Å². The third kappa shape index (κ3) is 5.71. The van der Waals surface area contributed by atoms with E-state index in [1.54, 1.807) is 0 Å². The van der Waals surface area contributed by atoms with Crippen LogP contribution in [0.4, 0.5) is 0 Å². The van der Waals surface area contributed by atoms with Gasteiger partial charge in [-0.05, 0) is 83.9 Å². The van der Waals surface area contributed by atoms with Crippen LogP contribution in [-0.4, -0.2) is 9.97 Å². The minimum Gasteiger partial charge on any atom is -0.228 e. The van der Waals surface area contributed by atoms with E-state index in [1.807, 2.05) is 0 Å². The van der Waals surface area contributed by atoms with Gasteiger partial charge in [0.15, 0.2) is 5.82 Å². The summed E-state index contributed by atoms with van der Waals surface area (Å²) in [6.45, 7) is 0. The molecular formula is C52H34N2. The topological polar surface area (TPSA) is 25.8 Å². The minimum atomic E-state index is 0.708. The Labute approximate surface area is 314 Å². The van der Waals surface area contributed by atoms with Crippen LogP contribution in [0.15, 0.2) is 206 Å². The molecule has 9 aromatic carbocycles. The van der Waals surface area contributed by atoms with Gasteiger partial charge in [-0.25, -0.2) is 9.97 Å². The molecule has 10 aromatic rings. The van der Waals surface area contributed by atoms with Gasteiger partial charge in [0, 0.05) is 16.7 Å². The number of aromatic nitrogens is 2. The van der Waals surface area contributed by atoms with Crippen molar-refractivity contribution >= 4 is 32.3 Å². The molecule has 0 amide bonds. The Morgan fingerprint density at radius 3 is 1.59 bits per heavy atom. The van der Waals surface area contributed by atoms with Crippen molar-refractivity contribution in [1.82, 2.24) is 9.97 Å². The summed E-state index contributed by atoms with van der Waals surface area (Å²) >= 11 is 0. The molecule has 0 aliphatic rings. The molecule has 0 aliphatic heterocycles. The number of fused-ring (bicyclic) bond motifs is 4. The van der Waals surface area contributed by atoms with Gasteiger partial charge in [-0.2, -0.15) is 0 Å². The lowest BCUT2D eigenvalue weighted by molar-refractivity contribution is 1.19. The van der Waals surface area contributed by atoms with Gasteiger partial charge in [0.1, 0.15) is 0 Å². The number of benzene rings is 9. The summed E-state index contributed by atoms with van der Waals surface area (Å²) in [6, 6.07) is 73.4. The maximum atomic E-state index is 5.47. The first-order valence-corrected chi connectivity index (χ1v) is 18.4. The van der Waals surface area contributed by atoms with E-state index in [0.29, 0.717) is 5.82 Å². The second-order valence-corrected chi connectivity index (χ2v) is 13.8. The maximum absolute atomic E-state index is 5.47. The second kappa shape index (κ2) is 13.4. The Kier molecular flexibility index (Phi) is 7.85. The van der Waals surface area contributed by atoms with Crippen LogP contribution in [0.2, 0.25) is 0 Å². The summed E-state index contributed by atoms with van der Waals surface area (Å²) in [6.07, 6.45) is 0. The lowest BCUT2D eigenvalue weighted by Gasteiger charge is -2.16. The first kappa shape index (κ1) is 31.6. The van der Waals surface area contributed by atoms with Crippen molar-refractivity contribution in [2.75, 3.05) is 0 Å². The lowest BCUT2D eigenvalue weighted by atomic mass is 9.92. The smallest absolute Gasteiger partial charge is 0.161 e. The van der Waals surface area contributed by atoms with Gasteiger partial charge in [0.05, 0.1) is 11.4 Å². The third-order valence-electron chi connectivity index (χ3n) is 10.5. The van der Waals surface area contributed by atoms with Gasteiger partial charge in [-0.15, -0.1) is 0 Å². The first-order valence-electron chi connectivity index (χ1n) is 18.4. The van der Waals surface area contributed by atoms with Crippen LogP contribution in [0.25, 0.3) is 99.6 Å². The number of hydrogen-bond donors (Lipinski definition) is 0. The minimum absolute atomic E-state index is 0.708. The predicted molar refractivity (Wildman–Crippen MR) is 227 cm³/mol. The third-order valence-corrected chi connectivity index (χ3v) is 10.5. The molecular weight excluding hydrogens is 653 g/mol. The summed E-state index contributed by atoms with van der Waals surface area (Å²) in [5.41, 5.74) is 11.9. The van der Waals surface area contributed by atoms with Crippen LogP contribution in [0.1, 0.15) is 0 Å². The first-order chi connectivity index (χ1) is 26.8. The van der Waals surface area contributed by atoms with E-state index >= 15 is 0 Å². The summed E-state index contributed by atoms with van der Waals surface area (Å²) in [4.78, 5) is 10.9. The van der Waals surface area contributed by atoms with Gasteiger partial charge in [0.2, 0.25) is 0 Å². The fourth-order valence-corrected chi connectivity index (χ4v) is 7.83. The Bertz CT molecular complexity index is 2970. The molecule has 0 radical (unpaired) electrons. The van der Waals surface area contributed by atoms with Crippen LogP contribution in [0.5, 0.6) is 0 Å². The fraction of sp³-hybridized carbons (Fsp3) is 0. The molecule has 0 saturated heterocycles. The van der Waals surface area contributed by atoms with Crippen LogP contribution < -0.4 is 0 Å². The quantitative estimate of drug-likeness (QED) is 0.129. The largest absolute Gasteiger partial charge is 0.228 e. The monoisotopic (exact) mass is 686 g/mol. The summed E-state index contributed by atoms with van der Waals surface area (Å²) in [5.74, 6) is 0.708. The molecule has 0 atom stereocenters. The van der Waals surface area contributed by atoms with Gasteiger partial charge >= 0.3 is 0 Å². The highest BCUT2D eigenvalue weighted by Crippen LogP contribution is 2.41. The fourth-order valence-electron chi connectivity index (χ4n) is 7.83. The van der Waals surface area contributed by atoms with Crippen LogP contribution in [0, 0.1) is 0 Å². The molecule has 0 N–H and O–H groups in total. The standard InChI is InChI=1S/C52H34N2/c1-3-14-35(15-4-1)36-26-28-37(29-27-36)40-20-13-21-42(32-40)49-34-50(46-25-12-11-22-43(46)38-16-5-2-6-17-38)54-52(53-49)51-45-24-10-8-19-41(45)33-48-44-23-9-7-18-39(44)30-31-47(48)51/h1-34H. The van der Waals surface area contributed by atoms with Crippen molar-refractivity contribution in [2.24, 2.45) is 0 Å². The zero-order chi connectivity index (χ0) is 35.8. The Hall–Kier alpha value is -7.16. The average molecular weight is 687 g/mol. The predicted octanol–water partition coefficient (Wildman–Crippen LogP) is 13.9. The van der Waals surface area contributed by atoms with Gasteiger partial charge < -0.3 is 0 Å². The molecule has 1 heterocycles. The summed E-state index contributed by atoms with van der Waals surface area (Å²) < 4.78 is 0. The number of rotatable bonds is 6. The molecule has 2 heteroatoms. The van der Waals surface area contributed by atoms with E-state index in [9.17, 15) is 0 Å². The van der Waals surface area contributed by atoms with Crippen molar-refractivity contribution in [3.63, 3.8) is 0 Å². The Morgan fingerprint density at radius 1 is 0.259 bits per heavy atom. The van der Waals surface area contributed by atoms with Crippen LogP contribution >= 0.6 is 0 Å². The molecule has 0 bridgehead atoms. The SMILES string of the molecule is c1ccc(-c2ccc(-c3cccc(-c4cc(-c5ccccc5-c5ccccc5)nc(-c5c6ccccc6cc6c5ccc5ccccc56)n4)c3)cc2)cc1.